The SMILES string of the molecule is CNc1ccc(C(=O)N(C)Cc2cccc(Br)c2)nc1. The lowest BCUT2D eigenvalue weighted by Crippen LogP contribution is -2.26. The van der Waals surface area contributed by atoms with Gasteiger partial charge in [0.1, 0.15) is 5.69 Å². The van der Waals surface area contributed by atoms with Gasteiger partial charge in [-0.1, -0.05) is 28.1 Å². The molecule has 0 radical (unpaired) electrons. The van der Waals surface area contributed by atoms with E-state index in [9.17, 15) is 4.79 Å². The molecule has 2 aromatic rings. The average Bonchev–Trinajstić information content (AvgIpc) is 2.46. The van der Waals surface area contributed by atoms with Crippen molar-refractivity contribution in [1.29, 1.82) is 0 Å². The van der Waals surface area contributed by atoms with Crippen molar-refractivity contribution in [3.05, 3.63) is 58.3 Å². The fraction of sp³-hybridized carbons (Fsp3) is 0.200. The summed E-state index contributed by atoms with van der Waals surface area (Å²) in [6, 6.07) is 11.5. The highest BCUT2D eigenvalue weighted by molar-refractivity contribution is 9.10. The Kier molecular flexibility index (Phi) is 4.74. The van der Waals surface area contributed by atoms with E-state index in [0.717, 1.165) is 15.7 Å². The molecule has 20 heavy (non-hydrogen) atoms. The van der Waals surface area contributed by atoms with Gasteiger partial charge in [-0.05, 0) is 29.8 Å². The molecular formula is C15H16BrN3O. The second-order valence-electron chi connectivity index (χ2n) is 4.47. The van der Waals surface area contributed by atoms with Crippen LogP contribution in [0, 0.1) is 0 Å². The number of rotatable bonds is 4. The van der Waals surface area contributed by atoms with Gasteiger partial charge in [-0.25, -0.2) is 4.98 Å². The first-order chi connectivity index (χ1) is 9.60. The number of nitrogens with zero attached hydrogens (tertiary/aromatic N) is 2. The third-order valence-electron chi connectivity index (χ3n) is 2.93. The van der Waals surface area contributed by atoms with Crippen molar-refractivity contribution in [2.75, 3.05) is 19.4 Å². The number of pyridine rings is 1. The molecule has 1 N–H and O–H groups in total. The Morgan fingerprint density at radius 3 is 2.75 bits per heavy atom. The lowest BCUT2D eigenvalue weighted by molar-refractivity contribution is 0.0779. The lowest BCUT2D eigenvalue weighted by Gasteiger charge is -2.17. The fourth-order valence-corrected chi connectivity index (χ4v) is 2.29. The van der Waals surface area contributed by atoms with Gasteiger partial charge in [-0.2, -0.15) is 0 Å². The molecule has 2 rings (SSSR count). The topological polar surface area (TPSA) is 45.2 Å². The molecule has 0 aliphatic carbocycles. The van der Waals surface area contributed by atoms with Crippen LogP contribution in [0.25, 0.3) is 0 Å². The Hall–Kier alpha value is -1.88. The molecule has 0 fully saturated rings. The number of hydrogen-bond acceptors (Lipinski definition) is 3. The monoisotopic (exact) mass is 333 g/mol. The second-order valence-corrected chi connectivity index (χ2v) is 5.39. The highest BCUT2D eigenvalue weighted by Gasteiger charge is 2.13. The smallest absolute Gasteiger partial charge is 0.272 e. The van der Waals surface area contributed by atoms with E-state index in [1.54, 1.807) is 24.2 Å². The van der Waals surface area contributed by atoms with Crippen molar-refractivity contribution < 1.29 is 4.79 Å². The third-order valence-corrected chi connectivity index (χ3v) is 3.42. The molecule has 0 aliphatic heterocycles. The summed E-state index contributed by atoms with van der Waals surface area (Å²) in [5.74, 6) is -0.0902. The van der Waals surface area contributed by atoms with Crippen molar-refractivity contribution in [2.45, 2.75) is 6.54 Å². The van der Waals surface area contributed by atoms with Crippen LogP contribution in [0.5, 0.6) is 0 Å². The summed E-state index contributed by atoms with van der Waals surface area (Å²) in [5, 5.41) is 2.98. The van der Waals surface area contributed by atoms with Crippen LogP contribution in [0.4, 0.5) is 5.69 Å². The molecule has 1 aromatic heterocycles. The molecule has 0 aliphatic rings. The maximum absolute atomic E-state index is 12.3. The summed E-state index contributed by atoms with van der Waals surface area (Å²) >= 11 is 3.43. The summed E-state index contributed by atoms with van der Waals surface area (Å²) in [5.41, 5.74) is 2.40. The summed E-state index contributed by atoms with van der Waals surface area (Å²) in [6.45, 7) is 0.549. The van der Waals surface area contributed by atoms with Crippen LogP contribution in [0.15, 0.2) is 47.1 Å². The molecule has 1 amide bonds. The van der Waals surface area contributed by atoms with Crippen LogP contribution < -0.4 is 5.32 Å². The van der Waals surface area contributed by atoms with E-state index < -0.39 is 0 Å². The van der Waals surface area contributed by atoms with E-state index in [1.165, 1.54) is 0 Å². The van der Waals surface area contributed by atoms with Crippen LogP contribution in [0.1, 0.15) is 16.1 Å². The van der Waals surface area contributed by atoms with Crippen molar-refractivity contribution in [2.24, 2.45) is 0 Å². The average molecular weight is 334 g/mol. The number of benzene rings is 1. The van der Waals surface area contributed by atoms with Gasteiger partial charge >= 0.3 is 0 Å². The number of anilines is 1. The van der Waals surface area contributed by atoms with E-state index in [1.807, 2.05) is 37.4 Å². The Bertz CT molecular complexity index is 598. The highest BCUT2D eigenvalue weighted by atomic mass is 79.9. The first kappa shape index (κ1) is 14.5. The minimum absolute atomic E-state index is 0.0902. The van der Waals surface area contributed by atoms with E-state index in [-0.39, 0.29) is 5.91 Å². The molecule has 104 valence electrons. The minimum Gasteiger partial charge on any atom is -0.387 e. The van der Waals surface area contributed by atoms with Gasteiger partial charge in [-0.15, -0.1) is 0 Å². The zero-order valence-corrected chi connectivity index (χ0v) is 13.0. The largest absolute Gasteiger partial charge is 0.387 e. The summed E-state index contributed by atoms with van der Waals surface area (Å²) in [7, 11) is 3.59. The number of hydrogen-bond donors (Lipinski definition) is 1. The molecule has 0 bridgehead atoms. The van der Waals surface area contributed by atoms with Gasteiger partial charge in [0, 0.05) is 25.1 Å². The molecule has 1 heterocycles. The van der Waals surface area contributed by atoms with Crippen molar-refractivity contribution in [1.82, 2.24) is 9.88 Å². The zero-order valence-electron chi connectivity index (χ0n) is 11.4. The molecule has 0 atom stereocenters. The summed E-state index contributed by atoms with van der Waals surface area (Å²) in [6.07, 6.45) is 1.65. The fourth-order valence-electron chi connectivity index (χ4n) is 1.84. The molecule has 4 nitrogen and oxygen atoms in total. The van der Waals surface area contributed by atoms with E-state index in [4.69, 9.17) is 0 Å². The normalized spacial score (nSPS) is 10.2. The lowest BCUT2D eigenvalue weighted by atomic mass is 10.2. The molecule has 0 saturated carbocycles. The maximum atomic E-state index is 12.3. The van der Waals surface area contributed by atoms with Gasteiger partial charge in [0.05, 0.1) is 11.9 Å². The molecule has 0 unspecified atom stereocenters. The predicted molar refractivity (Wildman–Crippen MR) is 83.7 cm³/mol. The van der Waals surface area contributed by atoms with Crippen LogP contribution in [0.3, 0.4) is 0 Å². The Morgan fingerprint density at radius 1 is 1.35 bits per heavy atom. The molecule has 0 spiro atoms. The molecule has 0 saturated heterocycles. The standard InChI is InChI=1S/C15H16BrN3O/c1-17-13-6-7-14(18-9-13)15(20)19(2)10-11-4-3-5-12(16)8-11/h3-9,17H,10H2,1-2H3. The van der Waals surface area contributed by atoms with E-state index in [0.29, 0.717) is 12.2 Å². The highest BCUT2D eigenvalue weighted by Crippen LogP contribution is 2.14. The van der Waals surface area contributed by atoms with Crippen LogP contribution in [-0.4, -0.2) is 29.9 Å². The first-order valence-electron chi connectivity index (χ1n) is 6.24. The number of aromatic nitrogens is 1. The molecule has 5 heteroatoms. The van der Waals surface area contributed by atoms with E-state index >= 15 is 0 Å². The summed E-state index contributed by atoms with van der Waals surface area (Å²) in [4.78, 5) is 18.1. The van der Waals surface area contributed by atoms with Gasteiger partial charge in [0.2, 0.25) is 0 Å². The Labute approximate surface area is 127 Å². The quantitative estimate of drug-likeness (QED) is 0.934. The Balaban J connectivity index is 2.07. The Morgan fingerprint density at radius 2 is 2.15 bits per heavy atom. The molecule has 1 aromatic carbocycles. The minimum atomic E-state index is -0.0902. The first-order valence-corrected chi connectivity index (χ1v) is 7.03. The van der Waals surface area contributed by atoms with Crippen molar-refractivity contribution in [3.63, 3.8) is 0 Å². The zero-order chi connectivity index (χ0) is 14.5. The van der Waals surface area contributed by atoms with Crippen molar-refractivity contribution in [3.8, 4) is 0 Å². The number of carbonyl (C=O) groups is 1. The predicted octanol–water partition coefficient (Wildman–Crippen LogP) is 3.16. The number of nitrogens with one attached hydrogen (secondary N) is 1. The van der Waals surface area contributed by atoms with Gasteiger partial charge in [-0.3, -0.25) is 4.79 Å². The maximum Gasteiger partial charge on any atom is 0.272 e. The molecular weight excluding hydrogens is 318 g/mol. The number of halogens is 1. The number of carbonyl (C=O) groups excluding carboxylic acids is 1. The van der Waals surface area contributed by atoms with E-state index in [2.05, 4.69) is 26.2 Å². The van der Waals surface area contributed by atoms with Gasteiger partial charge in [0.15, 0.2) is 0 Å². The van der Waals surface area contributed by atoms with Crippen LogP contribution in [-0.2, 0) is 6.54 Å². The van der Waals surface area contributed by atoms with Gasteiger partial charge in [0.25, 0.3) is 5.91 Å². The van der Waals surface area contributed by atoms with Gasteiger partial charge < -0.3 is 10.2 Å². The van der Waals surface area contributed by atoms with Crippen LogP contribution >= 0.6 is 15.9 Å². The third kappa shape index (κ3) is 3.57. The second kappa shape index (κ2) is 6.52. The number of amides is 1. The van der Waals surface area contributed by atoms with Crippen molar-refractivity contribution >= 4 is 27.5 Å². The summed E-state index contributed by atoms with van der Waals surface area (Å²) < 4.78 is 1.01. The van der Waals surface area contributed by atoms with Crippen LogP contribution in [0.2, 0.25) is 0 Å².